The van der Waals surface area contributed by atoms with Gasteiger partial charge in [0.1, 0.15) is 10.7 Å². The second kappa shape index (κ2) is 4.84. The van der Waals surface area contributed by atoms with Gasteiger partial charge in [0.25, 0.3) is 5.56 Å². The lowest BCUT2D eigenvalue weighted by Gasteiger charge is -2.06. The molecule has 5 heteroatoms. The first kappa shape index (κ1) is 14.1. The molecule has 3 aromatic rings. The molecule has 3 aromatic heterocycles. The summed E-state index contributed by atoms with van der Waals surface area (Å²) in [5, 5.41) is 0.734. The quantitative estimate of drug-likeness (QED) is 0.789. The van der Waals surface area contributed by atoms with Gasteiger partial charge in [-0.1, -0.05) is 0 Å². The third kappa shape index (κ3) is 2.21. The summed E-state index contributed by atoms with van der Waals surface area (Å²) in [6, 6.07) is 0. The number of fused-ring (bicyclic) bond motifs is 1. The predicted octanol–water partition coefficient (Wildman–Crippen LogP) is 3.38. The third-order valence-corrected chi connectivity index (χ3v) is 5.42. The van der Waals surface area contributed by atoms with Gasteiger partial charge in [-0.2, -0.15) is 0 Å². The van der Waals surface area contributed by atoms with Gasteiger partial charge in [-0.25, -0.2) is 4.98 Å². The van der Waals surface area contributed by atoms with Crippen molar-refractivity contribution in [3.63, 3.8) is 0 Å². The first-order valence-corrected chi connectivity index (χ1v) is 7.82. The van der Waals surface area contributed by atoms with Gasteiger partial charge < -0.3 is 9.55 Å². The van der Waals surface area contributed by atoms with Crippen LogP contribution in [-0.4, -0.2) is 14.5 Å². The summed E-state index contributed by atoms with van der Waals surface area (Å²) >= 11 is 1.59. The van der Waals surface area contributed by atoms with Crippen molar-refractivity contribution < 1.29 is 0 Å². The zero-order valence-electron chi connectivity index (χ0n) is 13.0. The van der Waals surface area contributed by atoms with E-state index in [2.05, 4.69) is 41.5 Å². The second-order valence-corrected chi connectivity index (χ2v) is 6.83. The second-order valence-electron chi connectivity index (χ2n) is 5.63. The molecule has 21 heavy (non-hydrogen) atoms. The van der Waals surface area contributed by atoms with E-state index in [1.165, 1.54) is 16.8 Å². The van der Waals surface area contributed by atoms with Crippen molar-refractivity contribution in [3.8, 4) is 0 Å². The molecule has 3 rings (SSSR count). The predicted molar refractivity (Wildman–Crippen MR) is 87.5 cm³/mol. The van der Waals surface area contributed by atoms with Crippen LogP contribution >= 0.6 is 11.3 Å². The van der Waals surface area contributed by atoms with Gasteiger partial charge in [0.05, 0.1) is 11.9 Å². The van der Waals surface area contributed by atoms with Gasteiger partial charge in [-0.15, -0.1) is 11.3 Å². The van der Waals surface area contributed by atoms with Gasteiger partial charge in [-0.3, -0.25) is 4.79 Å². The minimum absolute atomic E-state index is 0.0323. The summed E-state index contributed by atoms with van der Waals surface area (Å²) in [6.07, 6.45) is 2.11. The number of aryl methyl sites for hydroxylation is 3. The Hall–Kier alpha value is -1.88. The summed E-state index contributed by atoms with van der Waals surface area (Å²) in [7, 11) is 0. The molecule has 0 spiro atoms. The van der Waals surface area contributed by atoms with Crippen LogP contribution in [0.25, 0.3) is 10.2 Å². The van der Waals surface area contributed by atoms with Gasteiger partial charge in [-0.05, 0) is 51.3 Å². The zero-order chi connectivity index (χ0) is 15.3. The van der Waals surface area contributed by atoms with Crippen LogP contribution in [0.5, 0.6) is 0 Å². The summed E-state index contributed by atoms with van der Waals surface area (Å²) in [5.41, 5.74) is 4.78. The lowest BCUT2D eigenvalue weighted by Crippen LogP contribution is -2.14. The highest BCUT2D eigenvalue weighted by atomic mass is 32.1. The van der Waals surface area contributed by atoms with E-state index < -0.39 is 0 Å². The Kier molecular flexibility index (Phi) is 3.24. The standard InChI is InChI=1S/C16H19N3OS/c1-8-6-19(11(4)9(8)2)7-13-17-15(20)14-10(3)12(5)21-16(14)18-13/h6H,7H2,1-5H3,(H,17,18,20). The van der Waals surface area contributed by atoms with Gasteiger partial charge in [0, 0.05) is 16.8 Å². The fraction of sp³-hybridized carbons (Fsp3) is 0.375. The normalized spacial score (nSPS) is 11.5. The van der Waals surface area contributed by atoms with E-state index in [4.69, 9.17) is 0 Å². The van der Waals surface area contributed by atoms with E-state index >= 15 is 0 Å². The topological polar surface area (TPSA) is 50.7 Å². The van der Waals surface area contributed by atoms with Crippen LogP contribution in [0.1, 0.15) is 33.1 Å². The Morgan fingerprint density at radius 3 is 2.52 bits per heavy atom. The van der Waals surface area contributed by atoms with Crippen LogP contribution in [-0.2, 0) is 6.54 Å². The lowest BCUT2D eigenvalue weighted by molar-refractivity contribution is 0.727. The van der Waals surface area contributed by atoms with E-state index in [9.17, 15) is 4.79 Å². The molecule has 0 aliphatic heterocycles. The largest absolute Gasteiger partial charge is 0.344 e. The van der Waals surface area contributed by atoms with Crippen molar-refractivity contribution in [1.29, 1.82) is 0 Å². The fourth-order valence-electron chi connectivity index (χ4n) is 2.63. The van der Waals surface area contributed by atoms with Crippen LogP contribution in [0.15, 0.2) is 11.0 Å². The minimum atomic E-state index is -0.0323. The van der Waals surface area contributed by atoms with Crippen LogP contribution in [0.3, 0.4) is 0 Å². The maximum Gasteiger partial charge on any atom is 0.259 e. The van der Waals surface area contributed by atoms with Crippen molar-refractivity contribution in [3.05, 3.63) is 49.6 Å². The average Bonchev–Trinajstić information content (AvgIpc) is 2.83. The van der Waals surface area contributed by atoms with Crippen molar-refractivity contribution in [2.45, 2.75) is 41.2 Å². The maximum absolute atomic E-state index is 12.3. The number of nitrogens with zero attached hydrogens (tertiary/aromatic N) is 2. The highest BCUT2D eigenvalue weighted by Crippen LogP contribution is 2.26. The number of nitrogens with one attached hydrogen (secondary N) is 1. The first-order valence-electron chi connectivity index (χ1n) is 7.00. The number of aromatic amines is 1. The number of thiophene rings is 1. The summed E-state index contributed by atoms with van der Waals surface area (Å²) in [6.45, 7) is 10.9. The van der Waals surface area contributed by atoms with Crippen molar-refractivity contribution in [2.24, 2.45) is 0 Å². The monoisotopic (exact) mass is 301 g/mol. The average molecular weight is 301 g/mol. The molecular weight excluding hydrogens is 282 g/mol. The molecule has 4 nitrogen and oxygen atoms in total. The summed E-state index contributed by atoms with van der Waals surface area (Å²) < 4.78 is 2.14. The van der Waals surface area contributed by atoms with Gasteiger partial charge >= 0.3 is 0 Å². The molecule has 0 saturated carbocycles. The number of aromatic nitrogens is 3. The van der Waals surface area contributed by atoms with Crippen LogP contribution in [0.2, 0.25) is 0 Å². The molecule has 0 fully saturated rings. The Labute approximate surface area is 127 Å². The third-order valence-electron chi connectivity index (χ3n) is 4.32. The fourth-order valence-corrected chi connectivity index (χ4v) is 3.68. The molecule has 0 atom stereocenters. The van der Waals surface area contributed by atoms with Gasteiger partial charge in [0.2, 0.25) is 0 Å². The van der Waals surface area contributed by atoms with Crippen LogP contribution in [0, 0.1) is 34.6 Å². The van der Waals surface area contributed by atoms with E-state index in [1.807, 2.05) is 13.8 Å². The molecule has 0 bridgehead atoms. The zero-order valence-corrected chi connectivity index (χ0v) is 13.8. The smallest absolute Gasteiger partial charge is 0.259 e. The number of hydrogen-bond donors (Lipinski definition) is 1. The highest BCUT2D eigenvalue weighted by molar-refractivity contribution is 7.18. The summed E-state index contributed by atoms with van der Waals surface area (Å²) in [5.74, 6) is 0.715. The molecular formula is C16H19N3OS. The molecule has 3 heterocycles. The van der Waals surface area contributed by atoms with Crippen LogP contribution < -0.4 is 5.56 Å². The minimum Gasteiger partial charge on any atom is -0.344 e. The van der Waals surface area contributed by atoms with E-state index in [-0.39, 0.29) is 5.56 Å². The Bertz CT molecular complexity index is 899. The van der Waals surface area contributed by atoms with Gasteiger partial charge in [0.15, 0.2) is 0 Å². The van der Waals surface area contributed by atoms with Crippen molar-refractivity contribution in [2.75, 3.05) is 0 Å². The maximum atomic E-state index is 12.3. The first-order chi connectivity index (χ1) is 9.88. The molecule has 0 aliphatic rings. The molecule has 0 radical (unpaired) electrons. The lowest BCUT2D eigenvalue weighted by atomic mass is 10.2. The summed E-state index contributed by atoms with van der Waals surface area (Å²) in [4.78, 5) is 21.8. The Morgan fingerprint density at radius 1 is 1.19 bits per heavy atom. The van der Waals surface area contributed by atoms with Crippen LogP contribution in [0.4, 0.5) is 0 Å². The molecule has 0 aromatic carbocycles. The van der Waals surface area contributed by atoms with Crippen molar-refractivity contribution in [1.82, 2.24) is 14.5 Å². The van der Waals surface area contributed by atoms with Crippen molar-refractivity contribution >= 4 is 21.6 Å². The molecule has 1 N–H and O–H groups in total. The molecule has 0 amide bonds. The highest BCUT2D eigenvalue weighted by Gasteiger charge is 2.13. The molecule has 0 aliphatic carbocycles. The number of H-pyrrole nitrogens is 1. The molecule has 110 valence electrons. The number of hydrogen-bond acceptors (Lipinski definition) is 3. The van der Waals surface area contributed by atoms with E-state index in [0.717, 1.165) is 20.7 Å². The van der Waals surface area contributed by atoms with E-state index in [0.29, 0.717) is 12.4 Å². The number of rotatable bonds is 2. The Morgan fingerprint density at radius 2 is 1.90 bits per heavy atom. The Balaban J connectivity index is 2.09. The molecule has 0 saturated heterocycles. The SMILES string of the molecule is Cc1cn(Cc2nc3sc(C)c(C)c3c(=O)[nH]2)c(C)c1C. The molecule has 0 unspecified atom stereocenters. The van der Waals surface area contributed by atoms with E-state index in [1.54, 1.807) is 11.3 Å².